The van der Waals surface area contributed by atoms with E-state index in [1.54, 1.807) is 24.3 Å². The number of sulfonamides is 1. The first-order chi connectivity index (χ1) is 13.8. The average Bonchev–Trinajstić information content (AvgIpc) is 3.10. The molecule has 12 heteroatoms. The Labute approximate surface area is 174 Å². The number of carbonyl (C=O) groups excluding carboxylic acids is 1. The number of hydrogen-bond acceptors (Lipinski definition) is 8. The molecule has 2 aromatic rings. The maximum absolute atomic E-state index is 12.7. The van der Waals surface area contributed by atoms with E-state index in [0.717, 1.165) is 16.8 Å². The molecular formula is C17H10N4O5S3. The van der Waals surface area contributed by atoms with Gasteiger partial charge < -0.3 is 0 Å². The molecule has 2 aliphatic heterocycles. The van der Waals surface area contributed by atoms with E-state index in [-0.39, 0.29) is 25.6 Å². The van der Waals surface area contributed by atoms with Crippen molar-refractivity contribution in [1.82, 2.24) is 10.4 Å². The highest BCUT2D eigenvalue weighted by atomic mass is 32.2. The number of benzene rings is 2. The lowest BCUT2D eigenvalue weighted by molar-refractivity contribution is -0.384. The van der Waals surface area contributed by atoms with E-state index in [2.05, 4.69) is 9.82 Å². The normalized spacial score (nSPS) is 18.7. The molecule has 146 valence electrons. The van der Waals surface area contributed by atoms with Crippen LogP contribution in [0.5, 0.6) is 0 Å². The van der Waals surface area contributed by atoms with Crippen molar-refractivity contribution < 1.29 is 18.1 Å². The molecule has 9 nitrogen and oxygen atoms in total. The summed E-state index contributed by atoms with van der Waals surface area (Å²) >= 11 is 6.21. The minimum atomic E-state index is -3.85. The second kappa shape index (κ2) is 7.06. The summed E-state index contributed by atoms with van der Waals surface area (Å²) in [7, 11) is -3.85. The largest absolute Gasteiger partial charge is 0.285 e. The summed E-state index contributed by atoms with van der Waals surface area (Å²) in [4.78, 5) is 23.4. The zero-order valence-electron chi connectivity index (χ0n) is 14.3. The van der Waals surface area contributed by atoms with Gasteiger partial charge in [0.25, 0.3) is 21.6 Å². The van der Waals surface area contributed by atoms with Gasteiger partial charge in [0.2, 0.25) is 0 Å². The van der Waals surface area contributed by atoms with E-state index in [1.165, 1.54) is 30.3 Å². The van der Waals surface area contributed by atoms with Gasteiger partial charge in [0.05, 0.1) is 9.83 Å². The zero-order valence-corrected chi connectivity index (χ0v) is 16.8. The lowest BCUT2D eigenvalue weighted by Gasteiger charge is -2.16. The van der Waals surface area contributed by atoms with Gasteiger partial charge in [-0.25, -0.2) is 0 Å². The lowest BCUT2D eigenvalue weighted by atomic mass is 10.2. The summed E-state index contributed by atoms with van der Waals surface area (Å²) in [6.07, 6.45) is 1.48. The number of fused-ring (bicyclic) bond motifs is 1. The Kier molecular flexibility index (Phi) is 4.68. The molecule has 29 heavy (non-hydrogen) atoms. The SMILES string of the molecule is O=C1/C(=C\c2cccc([N+](=O)[O-])c2)SC(=S)N1NC1=NS(=O)(=O)c2ccccc21. The summed E-state index contributed by atoms with van der Waals surface area (Å²) in [6, 6.07) is 12.1. The van der Waals surface area contributed by atoms with Crippen molar-refractivity contribution in [2.45, 2.75) is 4.90 Å². The van der Waals surface area contributed by atoms with E-state index >= 15 is 0 Å². The minimum Gasteiger partial charge on any atom is -0.272 e. The fourth-order valence-corrected chi connectivity index (χ4v) is 5.09. The molecule has 4 rings (SSSR count). The van der Waals surface area contributed by atoms with Gasteiger partial charge in [-0.3, -0.25) is 20.3 Å². The quantitative estimate of drug-likeness (QED) is 0.330. The van der Waals surface area contributed by atoms with Crippen molar-refractivity contribution in [2.75, 3.05) is 0 Å². The van der Waals surface area contributed by atoms with E-state index in [4.69, 9.17) is 12.2 Å². The van der Waals surface area contributed by atoms with Crippen molar-refractivity contribution in [3.63, 3.8) is 0 Å². The van der Waals surface area contributed by atoms with Crippen molar-refractivity contribution in [3.8, 4) is 0 Å². The van der Waals surface area contributed by atoms with Crippen LogP contribution >= 0.6 is 24.0 Å². The van der Waals surface area contributed by atoms with Crippen molar-refractivity contribution in [2.24, 2.45) is 4.40 Å². The van der Waals surface area contributed by atoms with Gasteiger partial charge in [0, 0.05) is 17.7 Å². The number of amides is 1. The number of nitrogens with one attached hydrogen (secondary N) is 1. The number of nitro benzene ring substituents is 1. The fraction of sp³-hybridized carbons (Fsp3) is 0. The van der Waals surface area contributed by atoms with Crippen LogP contribution in [0.1, 0.15) is 11.1 Å². The third-order valence-corrected chi connectivity index (χ3v) is 6.66. The molecule has 0 unspecified atom stereocenters. The molecule has 2 heterocycles. The topological polar surface area (TPSA) is 122 Å². The number of non-ortho nitro benzene ring substituents is 1. The van der Waals surface area contributed by atoms with E-state index in [1.807, 2.05) is 0 Å². The Balaban J connectivity index is 1.62. The van der Waals surface area contributed by atoms with E-state index in [9.17, 15) is 23.3 Å². The molecule has 0 bridgehead atoms. The lowest BCUT2D eigenvalue weighted by Crippen LogP contribution is -2.44. The van der Waals surface area contributed by atoms with E-state index < -0.39 is 20.9 Å². The van der Waals surface area contributed by atoms with Crippen molar-refractivity contribution >= 4 is 61.8 Å². The van der Waals surface area contributed by atoms with Crippen LogP contribution < -0.4 is 5.43 Å². The molecule has 0 atom stereocenters. The Morgan fingerprint density at radius 1 is 1.21 bits per heavy atom. The summed E-state index contributed by atoms with van der Waals surface area (Å²) < 4.78 is 28.1. The number of thioether (sulfide) groups is 1. The second-order valence-corrected chi connectivity index (χ2v) is 9.14. The molecule has 0 aromatic heterocycles. The van der Waals surface area contributed by atoms with Crippen LogP contribution in [-0.4, -0.2) is 34.4 Å². The van der Waals surface area contributed by atoms with Crippen LogP contribution in [-0.2, 0) is 14.8 Å². The number of thiocarbonyl (C=S) groups is 1. The van der Waals surface area contributed by atoms with E-state index in [0.29, 0.717) is 11.1 Å². The van der Waals surface area contributed by atoms with Gasteiger partial charge in [-0.1, -0.05) is 36.0 Å². The maximum Gasteiger partial charge on any atom is 0.285 e. The van der Waals surface area contributed by atoms with Crippen LogP contribution in [0, 0.1) is 10.1 Å². The highest BCUT2D eigenvalue weighted by molar-refractivity contribution is 8.26. The van der Waals surface area contributed by atoms with Gasteiger partial charge in [-0.05, 0) is 36.0 Å². The van der Waals surface area contributed by atoms with Gasteiger partial charge in [0.15, 0.2) is 10.2 Å². The van der Waals surface area contributed by atoms with Crippen LogP contribution in [0.4, 0.5) is 5.69 Å². The first-order valence-electron chi connectivity index (χ1n) is 8.00. The minimum absolute atomic E-state index is 0.00602. The van der Waals surface area contributed by atoms with Crippen LogP contribution in [0.25, 0.3) is 6.08 Å². The number of hydrazine groups is 1. The molecule has 0 radical (unpaired) electrons. The Morgan fingerprint density at radius 3 is 2.72 bits per heavy atom. The summed E-state index contributed by atoms with van der Waals surface area (Å²) in [5.41, 5.74) is 3.38. The number of nitro groups is 1. The average molecular weight is 446 g/mol. The smallest absolute Gasteiger partial charge is 0.272 e. The van der Waals surface area contributed by atoms with Gasteiger partial charge in [0.1, 0.15) is 4.90 Å². The molecular weight excluding hydrogens is 436 g/mol. The Bertz CT molecular complexity index is 1250. The maximum atomic E-state index is 12.7. The molecule has 1 amide bonds. The highest BCUT2D eigenvalue weighted by Gasteiger charge is 2.36. The molecule has 0 saturated carbocycles. The first kappa shape index (κ1) is 19.2. The van der Waals surface area contributed by atoms with Gasteiger partial charge in [-0.2, -0.15) is 13.4 Å². The molecule has 1 fully saturated rings. The number of nitrogens with zero attached hydrogens (tertiary/aromatic N) is 3. The first-order valence-corrected chi connectivity index (χ1v) is 10.7. The molecule has 1 saturated heterocycles. The number of hydrogen-bond donors (Lipinski definition) is 1. The predicted molar refractivity (Wildman–Crippen MR) is 111 cm³/mol. The Morgan fingerprint density at radius 2 is 1.97 bits per heavy atom. The Hall–Kier alpha value is -3.09. The summed E-state index contributed by atoms with van der Waals surface area (Å²) in [6.45, 7) is 0. The molecule has 1 N–H and O–H groups in total. The molecule has 2 aliphatic rings. The fourth-order valence-electron chi connectivity index (χ4n) is 2.74. The number of rotatable bonds is 3. The van der Waals surface area contributed by atoms with Crippen molar-refractivity contribution in [3.05, 3.63) is 74.7 Å². The summed E-state index contributed by atoms with van der Waals surface area (Å²) in [5.74, 6) is -0.524. The van der Waals surface area contributed by atoms with Crippen LogP contribution in [0.15, 0.2) is 62.7 Å². The number of amidine groups is 1. The predicted octanol–water partition coefficient (Wildman–Crippen LogP) is 2.45. The monoisotopic (exact) mass is 446 g/mol. The summed E-state index contributed by atoms with van der Waals surface area (Å²) in [5, 5.41) is 11.9. The zero-order chi connectivity index (χ0) is 20.8. The molecule has 0 spiro atoms. The van der Waals surface area contributed by atoms with Gasteiger partial charge >= 0.3 is 0 Å². The third kappa shape index (κ3) is 3.52. The second-order valence-electron chi connectivity index (χ2n) is 5.89. The highest BCUT2D eigenvalue weighted by Crippen LogP contribution is 2.33. The van der Waals surface area contributed by atoms with Crippen molar-refractivity contribution in [1.29, 1.82) is 0 Å². The van der Waals surface area contributed by atoms with Crippen LogP contribution in [0.3, 0.4) is 0 Å². The standard InChI is InChI=1S/C17H10N4O5S3/c22-16-13(9-10-4-3-5-11(8-10)21(23)24)28-17(27)20(16)18-15-12-6-1-2-7-14(12)29(25,26)19-15/h1-9H,(H,18,19)/b13-9+. The molecule has 0 aliphatic carbocycles. The third-order valence-electron chi connectivity index (χ3n) is 4.02. The van der Waals surface area contributed by atoms with Gasteiger partial charge in [-0.15, -0.1) is 4.40 Å². The number of carbonyl (C=O) groups is 1. The van der Waals surface area contributed by atoms with Crippen LogP contribution in [0.2, 0.25) is 0 Å². The molecule has 2 aromatic carbocycles.